The van der Waals surface area contributed by atoms with Gasteiger partial charge in [0.15, 0.2) is 0 Å². The number of aliphatic hydroxyl groups excluding tert-OH is 1. The van der Waals surface area contributed by atoms with Gasteiger partial charge in [-0.15, -0.1) is 0 Å². The van der Waals surface area contributed by atoms with Crippen LogP contribution in [0.1, 0.15) is 37.0 Å². The van der Waals surface area contributed by atoms with E-state index in [4.69, 9.17) is 0 Å². The number of nitrogens with zero attached hydrogens (tertiary/aromatic N) is 1. The van der Waals surface area contributed by atoms with Crippen LogP contribution in [0.5, 0.6) is 0 Å². The van der Waals surface area contributed by atoms with E-state index in [0.717, 1.165) is 19.4 Å². The number of carbonyl (C=O) groups is 2. The zero-order chi connectivity index (χ0) is 16.1. The van der Waals surface area contributed by atoms with Gasteiger partial charge in [-0.05, 0) is 37.0 Å². The third-order valence-corrected chi connectivity index (χ3v) is 3.97. The summed E-state index contributed by atoms with van der Waals surface area (Å²) in [6.45, 7) is 5.09. The number of hydrogen-bond donors (Lipinski definition) is 2. The van der Waals surface area contributed by atoms with Crippen LogP contribution < -0.4 is 5.32 Å². The van der Waals surface area contributed by atoms with Crippen molar-refractivity contribution in [1.82, 2.24) is 4.90 Å². The summed E-state index contributed by atoms with van der Waals surface area (Å²) < 4.78 is 0. The topological polar surface area (TPSA) is 69.6 Å². The predicted octanol–water partition coefficient (Wildman–Crippen LogP) is 2.13. The summed E-state index contributed by atoms with van der Waals surface area (Å²) in [6, 6.07) is 7.03. The van der Waals surface area contributed by atoms with Gasteiger partial charge in [0.2, 0.25) is 5.91 Å². The fraction of sp³-hybridized carbons (Fsp3) is 0.529. The van der Waals surface area contributed by atoms with Crippen molar-refractivity contribution in [3.05, 3.63) is 29.8 Å². The summed E-state index contributed by atoms with van der Waals surface area (Å²) in [5, 5.41) is 12.1. The molecule has 1 atom stereocenters. The van der Waals surface area contributed by atoms with Crippen LogP contribution in [0, 0.1) is 11.8 Å². The van der Waals surface area contributed by atoms with E-state index in [-0.39, 0.29) is 30.3 Å². The van der Waals surface area contributed by atoms with E-state index in [9.17, 15) is 14.7 Å². The van der Waals surface area contributed by atoms with Gasteiger partial charge in [-0.25, -0.2) is 0 Å². The van der Waals surface area contributed by atoms with E-state index >= 15 is 0 Å². The molecule has 5 nitrogen and oxygen atoms in total. The Balaban J connectivity index is 2.08. The van der Waals surface area contributed by atoms with Gasteiger partial charge in [0.05, 0.1) is 0 Å². The Labute approximate surface area is 131 Å². The van der Waals surface area contributed by atoms with E-state index in [2.05, 4.69) is 5.32 Å². The largest absolute Gasteiger partial charge is 0.396 e. The highest BCUT2D eigenvalue weighted by Gasteiger charge is 2.24. The van der Waals surface area contributed by atoms with E-state index in [1.54, 1.807) is 29.2 Å². The molecule has 1 saturated heterocycles. The van der Waals surface area contributed by atoms with Gasteiger partial charge in [0.1, 0.15) is 0 Å². The molecule has 1 unspecified atom stereocenters. The SMILES string of the molecule is CC(C)C(=O)Nc1cccc(C(=O)N2CCCC(CO)C2)c1. The maximum atomic E-state index is 12.6. The Kier molecular flexibility index (Phi) is 5.55. The second kappa shape index (κ2) is 7.40. The van der Waals surface area contributed by atoms with Gasteiger partial charge in [0.25, 0.3) is 5.91 Å². The lowest BCUT2D eigenvalue weighted by Gasteiger charge is -2.32. The van der Waals surface area contributed by atoms with Gasteiger partial charge in [-0.1, -0.05) is 19.9 Å². The molecule has 5 heteroatoms. The monoisotopic (exact) mass is 304 g/mol. The van der Waals surface area contributed by atoms with Gasteiger partial charge < -0.3 is 15.3 Å². The first kappa shape index (κ1) is 16.5. The normalized spacial score (nSPS) is 18.4. The molecule has 120 valence electrons. The molecule has 2 amide bonds. The summed E-state index contributed by atoms with van der Waals surface area (Å²) in [6.07, 6.45) is 1.88. The molecule has 1 aliphatic rings. The number of aliphatic hydroxyl groups is 1. The second-order valence-corrected chi connectivity index (χ2v) is 6.17. The number of carbonyl (C=O) groups excluding carboxylic acids is 2. The number of rotatable bonds is 4. The quantitative estimate of drug-likeness (QED) is 0.895. The first-order valence-corrected chi connectivity index (χ1v) is 7.82. The Morgan fingerprint density at radius 2 is 2.18 bits per heavy atom. The summed E-state index contributed by atoms with van der Waals surface area (Å²) in [4.78, 5) is 26.1. The average molecular weight is 304 g/mol. The van der Waals surface area contributed by atoms with Crippen LogP contribution in [0.3, 0.4) is 0 Å². The second-order valence-electron chi connectivity index (χ2n) is 6.17. The first-order chi connectivity index (χ1) is 10.5. The number of piperidine rings is 1. The third kappa shape index (κ3) is 4.07. The summed E-state index contributed by atoms with van der Waals surface area (Å²) in [5.41, 5.74) is 1.21. The Bertz CT molecular complexity index is 542. The average Bonchev–Trinajstić information content (AvgIpc) is 2.54. The number of anilines is 1. The van der Waals surface area contributed by atoms with Gasteiger partial charge in [-0.2, -0.15) is 0 Å². The van der Waals surface area contributed by atoms with Gasteiger partial charge >= 0.3 is 0 Å². The number of likely N-dealkylation sites (tertiary alicyclic amines) is 1. The molecule has 0 radical (unpaired) electrons. The lowest BCUT2D eigenvalue weighted by molar-refractivity contribution is -0.118. The minimum absolute atomic E-state index is 0.0428. The highest BCUT2D eigenvalue weighted by atomic mass is 16.3. The minimum atomic E-state index is -0.105. The van der Waals surface area contributed by atoms with Crippen molar-refractivity contribution in [2.45, 2.75) is 26.7 Å². The van der Waals surface area contributed by atoms with Crippen molar-refractivity contribution in [2.24, 2.45) is 11.8 Å². The minimum Gasteiger partial charge on any atom is -0.396 e. The van der Waals surface area contributed by atoms with Crippen molar-refractivity contribution >= 4 is 17.5 Å². The molecule has 1 aromatic carbocycles. The number of hydrogen-bond acceptors (Lipinski definition) is 3. The highest BCUT2D eigenvalue weighted by Crippen LogP contribution is 2.20. The van der Waals surface area contributed by atoms with E-state index in [1.807, 2.05) is 13.8 Å². The molecule has 0 aromatic heterocycles. The summed E-state index contributed by atoms with van der Waals surface area (Å²) >= 11 is 0. The standard InChI is InChI=1S/C17H24N2O3/c1-12(2)16(21)18-15-7-3-6-14(9-15)17(22)19-8-4-5-13(10-19)11-20/h3,6-7,9,12-13,20H,4-5,8,10-11H2,1-2H3,(H,18,21). The van der Waals surface area contributed by atoms with Crippen molar-refractivity contribution in [1.29, 1.82) is 0 Å². The zero-order valence-electron chi connectivity index (χ0n) is 13.2. The molecule has 0 saturated carbocycles. The van der Waals surface area contributed by atoms with Crippen LogP contribution in [-0.2, 0) is 4.79 Å². The van der Waals surface area contributed by atoms with E-state index in [0.29, 0.717) is 17.8 Å². The molecule has 1 fully saturated rings. The first-order valence-electron chi connectivity index (χ1n) is 7.82. The van der Waals surface area contributed by atoms with E-state index < -0.39 is 0 Å². The fourth-order valence-corrected chi connectivity index (χ4v) is 2.60. The van der Waals surface area contributed by atoms with Crippen molar-refractivity contribution in [3.63, 3.8) is 0 Å². The van der Waals surface area contributed by atoms with Crippen LogP contribution in [0.2, 0.25) is 0 Å². The third-order valence-electron chi connectivity index (χ3n) is 3.97. The van der Waals surface area contributed by atoms with Crippen LogP contribution in [0.4, 0.5) is 5.69 Å². The number of benzene rings is 1. The van der Waals surface area contributed by atoms with Crippen molar-refractivity contribution in [3.8, 4) is 0 Å². The maximum absolute atomic E-state index is 12.6. The molecular formula is C17H24N2O3. The van der Waals surface area contributed by atoms with Crippen LogP contribution in [0.25, 0.3) is 0 Å². The summed E-state index contributed by atoms with van der Waals surface area (Å²) in [7, 11) is 0. The smallest absolute Gasteiger partial charge is 0.253 e. The molecule has 1 aromatic rings. The molecule has 0 bridgehead atoms. The highest BCUT2D eigenvalue weighted by molar-refractivity contribution is 5.97. The molecular weight excluding hydrogens is 280 g/mol. The molecule has 0 aliphatic carbocycles. The molecule has 1 heterocycles. The zero-order valence-corrected chi connectivity index (χ0v) is 13.2. The Morgan fingerprint density at radius 1 is 1.41 bits per heavy atom. The van der Waals surface area contributed by atoms with Crippen LogP contribution >= 0.6 is 0 Å². The number of nitrogens with one attached hydrogen (secondary N) is 1. The molecule has 22 heavy (non-hydrogen) atoms. The predicted molar refractivity (Wildman–Crippen MR) is 85.6 cm³/mol. The van der Waals surface area contributed by atoms with Gasteiger partial charge in [0, 0.05) is 36.9 Å². The maximum Gasteiger partial charge on any atom is 0.253 e. The molecule has 0 spiro atoms. The summed E-state index contributed by atoms with van der Waals surface area (Å²) in [5.74, 6) is -0.0463. The fourth-order valence-electron chi connectivity index (χ4n) is 2.60. The van der Waals surface area contributed by atoms with Crippen molar-refractivity contribution < 1.29 is 14.7 Å². The Morgan fingerprint density at radius 3 is 2.86 bits per heavy atom. The van der Waals surface area contributed by atoms with Gasteiger partial charge in [-0.3, -0.25) is 9.59 Å². The number of amides is 2. The van der Waals surface area contributed by atoms with Crippen molar-refractivity contribution in [2.75, 3.05) is 25.0 Å². The van der Waals surface area contributed by atoms with Crippen LogP contribution in [0.15, 0.2) is 24.3 Å². The lowest BCUT2D eigenvalue weighted by Crippen LogP contribution is -2.40. The van der Waals surface area contributed by atoms with Crippen LogP contribution in [-0.4, -0.2) is 41.5 Å². The molecule has 2 rings (SSSR count). The Hall–Kier alpha value is -1.88. The van der Waals surface area contributed by atoms with E-state index in [1.165, 1.54) is 0 Å². The lowest BCUT2D eigenvalue weighted by atomic mass is 9.98. The molecule has 2 N–H and O–H groups in total. The molecule has 1 aliphatic heterocycles.